The normalized spacial score (nSPS) is 19.2. The van der Waals surface area contributed by atoms with Gasteiger partial charge >= 0.3 is 0 Å². The van der Waals surface area contributed by atoms with Gasteiger partial charge in [-0.15, -0.1) is 11.3 Å². The van der Waals surface area contributed by atoms with Crippen molar-refractivity contribution in [2.24, 2.45) is 0 Å². The van der Waals surface area contributed by atoms with Gasteiger partial charge in [0.1, 0.15) is 10.3 Å². The summed E-state index contributed by atoms with van der Waals surface area (Å²) < 4.78 is 32.5. The highest BCUT2D eigenvalue weighted by Gasteiger charge is 2.38. The Labute approximate surface area is 150 Å². The first-order valence-electron chi connectivity index (χ1n) is 7.71. The van der Waals surface area contributed by atoms with Crippen LogP contribution in [0.25, 0.3) is 10.4 Å². The largest absolute Gasteiger partial charge is 0.481 e. The standard InChI is InChI=1S/C16H19N3O4S2/c1-11-16(20)18(2)8-9-19(11)25(21,22)15-5-4-13(24-15)12-6-7-17-14(10-12)23-3/h4-7,10-11H,8-9H2,1-3H3. The highest BCUT2D eigenvalue weighted by atomic mass is 32.2. The molecule has 0 N–H and O–H groups in total. The van der Waals surface area contributed by atoms with Crippen LogP contribution in [-0.4, -0.2) is 61.8 Å². The van der Waals surface area contributed by atoms with E-state index >= 15 is 0 Å². The summed E-state index contributed by atoms with van der Waals surface area (Å²) in [6.45, 7) is 2.31. The van der Waals surface area contributed by atoms with E-state index < -0.39 is 16.1 Å². The number of pyridine rings is 1. The molecule has 0 aliphatic carbocycles. The fraction of sp³-hybridized carbons (Fsp3) is 0.375. The summed E-state index contributed by atoms with van der Waals surface area (Å²) in [5, 5.41) is 0. The van der Waals surface area contributed by atoms with E-state index in [1.54, 1.807) is 49.3 Å². The molecule has 1 fully saturated rings. The Bertz CT molecular complexity index is 894. The Morgan fingerprint density at radius 3 is 2.76 bits per heavy atom. The number of likely N-dealkylation sites (N-methyl/N-ethyl adjacent to an activating group) is 1. The van der Waals surface area contributed by atoms with Gasteiger partial charge < -0.3 is 9.64 Å². The Hall–Kier alpha value is -1.97. The van der Waals surface area contributed by atoms with Crippen LogP contribution in [0.3, 0.4) is 0 Å². The first-order valence-corrected chi connectivity index (χ1v) is 9.97. The Morgan fingerprint density at radius 2 is 2.04 bits per heavy atom. The monoisotopic (exact) mass is 381 g/mol. The number of amides is 1. The molecule has 2 aromatic heterocycles. The number of ether oxygens (including phenoxy) is 1. The molecule has 1 aliphatic rings. The molecule has 0 saturated carbocycles. The predicted octanol–water partition coefficient (Wildman–Crippen LogP) is 1.67. The number of hydrogen-bond donors (Lipinski definition) is 0. The SMILES string of the molecule is COc1cc(-c2ccc(S(=O)(=O)N3CCN(C)C(=O)C3C)s2)ccn1. The van der Waals surface area contributed by atoms with Gasteiger partial charge in [0.2, 0.25) is 11.8 Å². The Balaban J connectivity index is 1.92. The van der Waals surface area contributed by atoms with Crippen LogP contribution in [0.4, 0.5) is 0 Å². The maximum Gasteiger partial charge on any atom is 0.253 e. The number of carbonyl (C=O) groups excluding carboxylic acids is 1. The van der Waals surface area contributed by atoms with Crippen molar-refractivity contribution in [3.05, 3.63) is 30.5 Å². The Morgan fingerprint density at radius 1 is 1.28 bits per heavy atom. The van der Waals surface area contributed by atoms with E-state index in [0.717, 1.165) is 10.4 Å². The predicted molar refractivity (Wildman–Crippen MR) is 95.1 cm³/mol. The molecule has 134 valence electrons. The maximum atomic E-state index is 12.9. The lowest BCUT2D eigenvalue weighted by Gasteiger charge is -2.36. The first-order chi connectivity index (χ1) is 11.8. The molecule has 0 aromatic carbocycles. The molecular weight excluding hydrogens is 362 g/mol. The minimum absolute atomic E-state index is 0.189. The summed E-state index contributed by atoms with van der Waals surface area (Å²) in [5.41, 5.74) is 0.834. The molecule has 1 saturated heterocycles. The number of aromatic nitrogens is 1. The zero-order valence-corrected chi connectivity index (χ0v) is 15.8. The zero-order valence-electron chi connectivity index (χ0n) is 14.2. The topological polar surface area (TPSA) is 79.8 Å². The molecule has 1 atom stereocenters. The number of hydrogen-bond acceptors (Lipinski definition) is 6. The number of rotatable bonds is 4. The number of nitrogens with zero attached hydrogens (tertiary/aromatic N) is 3. The van der Waals surface area contributed by atoms with Gasteiger partial charge in [0.05, 0.1) is 7.11 Å². The van der Waals surface area contributed by atoms with E-state index in [0.29, 0.717) is 19.0 Å². The van der Waals surface area contributed by atoms with Crippen LogP contribution < -0.4 is 4.74 Å². The number of sulfonamides is 1. The van der Waals surface area contributed by atoms with Gasteiger partial charge in [-0.25, -0.2) is 13.4 Å². The van der Waals surface area contributed by atoms with Gasteiger partial charge in [-0.2, -0.15) is 4.31 Å². The molecule has 7 nitrogen and oxygen atoms in total. The minimum Gasteiger partial charge on any atom is -0.481 e. The summed E-state index contributed by atoms with van der Waals surface area (Å²) in [4.78, 5) is 18.5. The summed E-state index contributed by atoms with van der Waals surface area (Å²) in [5.74, 6) is 0.277. The van der Waals surface area contributed by atoms with Crippen LogP contribution in [0.1, 0.15) is 6.92 Å². The molecule has 25 heavy (non-hydrogen) atoms. The van der Waals surface area contributed by atoms with Crippen molar-refractivity contribution in [1.82, 2.24) is 14.2 Å². The van der Waals surface area contributed by atoms with E-state index in [1.807, 2.05) is 0 Å². The van der Waals surface area contributed by atoms with Crippen LogP contribution >= 0.6 is 11.3 Å². The highest BCUT2D eigenvalue weighted by Crippen LogP contribution is 2.34. The Kier molecular flexibility index (Phi) is 4.81. The van der Waals surface area contributed by atoms with Crippen LogP contribution in [0.2, 0.25) is 0 Å². The average Bonchev–Trinajstić information content (AvgIpc) is 3.10. The molecule has 0 bridgehead atoms. The molecule has 9 heteroatoms. The van der Waals surface area contributed by atoms with E-state index in [-0.39, 0.29) is 10.1 Å². The lowest BCUT2D eigenvalue weighted by atomic mass is 10.2. The van der Waals surface area contributed by atoms with Gasteiger partial charge in [-0.3, -0.25) is 4.79 Å². The lowest BCUT2D eigenvalue weighted by molar-refractivity contribution is -0.136. The van der Waals surface area contributed by atoms with E-state index in [1.165, 1.54) is 22.8 Å². The fourth-order valence-corrected chi connectivity index (χ4v) is 5.74. The molecule has 1 amide bonds. The first kappa shape index (κ1) is 17.8. The highest BCUT2D eigenvalue weighted by molar-refractivity contribution is 7.91. The van der Waals surface area contributed by atoms with Gasteiger partial charge in [-0.05, 0) is 30.7 Å². The fourth-order valence-electron chi connectivity index (χ4n) is 2.73. The van der Waals surface area contributed by atoms with Crippen molar-refractivity contribution in [1.29, 1.82) is 0 Å². The van der Waals surface area contributed by atoms with Crippen molar-refractivity contribution < 1.29 is 17.9 Å². The maximum absolute atomic E-state index is 12.9. The third-order valence-corrected chi connectivity index (χ3v) is 7.77. The quantitative estimate of drug-likeness (QED) is 0.805. The van der Waals surface area contributed by atoms with Gasteiger partial charge in [0.25, 0.3) is 10.0 Å². The zero-order chi connectivity index (χ0) is 18.2. The van der Waals surface area contributed by atoms with Crippen molar-refractivity contribution in [2.45, 2.75) is 17.2 Å². The second kappa shape index (κ2) is 6.74. The van der Waals surface area contributed by atoms with Crippen molar-refractivity contribution in [3.8, 4) is 16.3 Å². The third-order valence-electron chi connectivity index (χ3n) is 4.19. The summed E-state index contributed by atoms with van der Waals surface area (Å²) in [7, 11) is -0.500. The molecule has 0 spiro atoms. The molecule has 2 aromatic rings. The summed E-state index contributed by atoms with van der Waals surface area (Å²) in [6.07, 6.45) is 1.61. The second-order valence-corrected chi connectivity index (χ2v) is 8.96. The van der Waals surface area contributed by atoms with Crippen molar-refractivity contribution >= 4 is 27.3 Å². The molecule has 1 aliphatic heterocycles. The molecule has 3 heterocycles. The van der Waals surface area contributed by atoms with E-state index in [9.17, 15) is 13.2 Å². The van der Waals surface area contributed by atoms with Crippen LogP contribution in [-0.2, 0) is 14.8 Å². The van der Waals surface area contributed by atoms with Crippen molar-refractivity contribution in [3.63, 3.8) is 0 Å². The average molecular weight is 381 g/mol. The molecule has 3 rings (SSSR count). The van der Waals surface area contributed by atoms with Gasteiger partial charge in [0, 0.05) is 37.3 Å². The van der Waals surface area contributed by atoms with Gasteiger partial charge in [-0.1, -0.05) is 0 Å². The van der Waals surface area contributed by atoms with Crippen LogP contribution in [0.5, 0.6) is 5.88 Å². The number of piperazine rings is 1. The summed E-state index contributed by atoms with van der Waals surface area (Å²) >= 11 is 1.17. The van der Waals surface area contributed by atoms with Gasteiger partial charge in [0.15, 0.2) is 0 Å². The smallest absolute Gasteiger partial charge is 0.253 e. The number of methoxy groups -OCH3 is 1. The molecular formula is C16H19N3O4S2. The van der Waals surface area contributed by atoms with E-state index in [2.05, 4.69) is 4.98 Å². The minimum atomic E-state index is -3.71. The van der Waals surface area contributed by atoms with Crippen LogP contribution in [0, 0.1) is 0 Å². The lowest BCUT2D eigenvalue weighted by Crippen LogP contribution is -2.56. The van der Waals surface area contributed by atoms with E-state index in [4.69, 9.17) is 4.74 Å². The molecule has 0 radical (unpaired) electrons. The summed E-state index contributed by atoms with van der Waals surface area (Å²) in [6, 6.07) is 6.19. The third kappa shape index (κ3) is 3.26. The number of carbonyl (C=O) groups is 1. The second-order valence-electron chi connectivity index (χ2n) is 5.76. The van der Waals surface area contributed by atoms with Crippen LogP contribution in [0.15, 0.2) is 34.7 Å². The number of thiophene rings is 1. The van der Waals surface area contributed by atoms with Crippen molar-refractivity contribution in [2.75, 3.05) is 27.2 Å². The molecule has 1 unspecified atom stereocenters.